The van der Waals surface area contributed by atoms with Gasteiger partial charge in [-0.05, 0) is 48.6 Å². The van der Waals surface area contributed by atoms with E-state index < -0.39 is 9.84 Å². The molecule has 2 aromatic carbocycles. The molecule has 0 N–H and O–H groups in total. The van der Waals surface area contributed by atoms with E-state index in [0.29, 0.717) is 15.7 Å². The average molecular weight is 329 g/mol. The molecule has 4 heteroatoms. The summed E-state index contributed by atoms with van der Waals surface area (Å²) >= 11 is 0. The van der Waals surface area contributed by atoms with E-state index in [9.17, 15) is 8.42 Å². The quantitative estimate of drug-likeness (QED) is 0.820. The van der Waals surface area contributed by atoms with Gasteiger partial charge in [0.2, 0.25) is 9.84 Å². The first-order valence-corrected chi connectivity index (χ1v) is 9.69. The largest absolute Gasteiger partial charge is 0.339 e. The molecule has 0 saturated heterocycles. The van der Waals surface area contributed by atoms with Crippen LogP contribution in [0.25, 0.3) is 0 Å². The second-order valence-corrected chi connectivity index (χ2v) is 8.09. The smallest absolute Gasteiger partial charge is 0.210 e. The number of fused-ring (bicyclic) bond motifs is 2. The van der Waals surface area contributed by atoms with E-state index >= 15 is 0 Å². The normalized spacial score (nSPS) is 15.4. The summed E-state index contributed by atoms with van der Waals surface area (Å²) in [6, 6.07) is 11.1. The van der Waals surface area contributed by atoms with Crippen LogP contribution >= 0.6 is 0 Å². The van der Waals surface area contributed by atoms with Gasteiger partial charge in [-0.15, -0.1) is 0 Å². The van der Waals surface area contributed by atoms with Crippen LogP contribution in [0.2, 0.25) is 0 Å². The van der Waals surface area contributed by atoms with E-state index in [2.05, 4.69) is 32.6 Å². The lowest BCUT2D eigenvalue weighted by Crippen LogP contribution is -2.27. The van der Waals surface area contributed by atoms with E-state index in [1.165, 1.54) is 5.56 Å². The zero-order valence-electron chi connectivity index (χ0n) is 14.1. The van der Waals surface area contributed by atoms with Crippen molar-refractivity contribution in [3.63, 3.8) is 0 Å². The number of sulfone groups is 1. The Bertz CT molecular complexity index is 854. The van der Waals surface area contributed by atoms with Crippen LogP contribution in [0.15, 0.2) is 46.2 Å². The Morgan fingerprint density at radius 1 is 1.00 bits per heavy atom. The second-order valence-electron chi connectivity index (χ2n) is 6.20. The molecule has 122 valence electrons. The highest BCUT2D eigenvalue weighted by molar-refractivity contribution is 7.92. The van der Waals surface area contributed by atoms with Gasteiger partial charge in [0.15, 0.2) is 0 Å². The third kappa shape index (κ3) is 2.27. The lowest BCUT2D eigenvalue weighted by Gasteiger charge is -2.35. The number of nitrogens with zero attached hydrogens (tertiary/aromatic N) is 1. The highest BCUT2D eigenvalue weighted by Crippen LogP contribution is 2.47. The minimum atomic E-state index is -3.46. The van der Waals surface area contributed by atoms with Crippen LogP contribution < -0.4 is 4.90 Å². The van der Waals surface area contributed by atoms with Gasteiger partial charge in [-0.3, -0.25) is 0 Å². The van der Waals surface area contributed by atoms with Crippen LogP contribution in [0.3, 0.4) is 0 Å². The maximum Gasteiger partial charge on any atom is 0.210 e. The minimum Gasteiger partial charge on any atom is -0.339 e. The fraction of sp³-hybridized carbons (Fsp3) is 0.368. The van der Waals surface area contributed by atoms with Gasteiger partial charge >= 0.3 is 0 Å². The topological polar surface area (TPSA) is 37.4 Å². The van der Waals surface area contributed by atoms with Crippen LogP contribution in [0.4, 0.5) is 11.4 Å². The molecule has 0 radical (unpaired) electrons. The molecule has 2 aromatic rings. The Labute approximate surface area is 138 Å². The summed E-state index contributed by atoms with van der Waals surface area (Å²) in [6.45, 7) is 9.22. The Morgan fingerprint density at radius 2 is 1.70 bits per heavy atom. The number of para-hydroxylation sites is 1. The molecule has 0 fully saturated rings. The highest BCUT2D eigenvalue weighted by atomic mass is 32.2. The summed E-state index contributed by atoms with van der Waals surface area (Å²) in [4.78, 5) is 3.00. The fourth-order valence-corrected chi connectivity index (χ4v) is 5.21. The predicted molar refractivity (Wildman–Crippen MR) is 94.5 cm³/mol. The highest BCUT2D eigenvalue weighted by Gasteiger charge is 2.35. The Morgan fingerprint density at radius 3 is 2.30 bits per heavy atom. The van der Waals surface area contributed by atoms with Gasteiger partial charge in [-0.2, -0.15) is 0 Å². The summed E-state index contributed by atoms with van der Waals surface area (Å²) in [5.41, 5.74) is 4.05. The molecule has 1 aliphatic rings. The molecule has 23 heavy (non-hydrogen) atoms. The maximum absolute atomic E-state index is 13.1. The molecule has 0 amide bonds. The van der Waals surface area contributed by atoms with Crippen molar-refractivity contribution in [1.82, 2.24) is 0 Å². The lowest BCUT2D eigenvalue weighted by atomic mass is 9.93. The number of rotatable bonds is 3. The van der Waals surface area contributed by atoms with Crippen LogP contribution in [0.1, 0.15) is 44.7 Å². The van der Waals surface area contributed by atoms with E-state index in [1.54, 1.807) is 18.2 Å². The Balaban J connectivity index is 2.42. The van der Waals surface area contributed by atoms with Crippen LogP contribution in [0.5, 0.6) is 0 Å². The standard InChI is InChI=1S/C19H23NO2S/c1-5-14-15(13(3)4)11-12-18-19(14)20(6-2)16-9-7-8-10-17(16)23(18,21)22/h7-13H,5-6H2,1-4H3. The van der Waals surface area contributed by atoms with Gasteiger partial charge in [0, 0.05) is 6.54 Å². The molecule has 3 nitrogen and oxygen atoms in total. The molecule has 0 unspecified atom stereocenters. The monoisotopic (exact) mass is 329 g/mol. The lowest BCUT2D eigenvalue weighted by molar-refractivity contribution is 0.593. The predicted octanol–water partition coefficient (Wildman–Crippen LogP) is 4.68. The van der Waals surface area contributed by atoms with Gasteiger partial charge in [0.25, 0.3) is 0 Å². The molecule has 0 spiro atoms. The van der Waals surface area contributed by atoms with Crippen molar-refractivity contribution in [3.05, 3.63) is 47.5 Å². The van der Waals surface area contributed by atoms with Crippen LogP contribution in [-0.4, -0.2) is 15.0 Å². The molecule has 0 atom stereocenters. The third-order valence-corrected chi connectivity index (χ3v) is 6.41. The molecular weight excluding hydrogens is 306 g/mol. The molecular formula is C19H23NO2S. The van der Waals surface area contributed by atoms with Crippen molar-refractivity contribution in [2.75, 3.05) is 11.4 Å². The van der Waals surface area contributed by atoms with Crippen LogP contribution in [0, 0.1) is 0 Å². The van der Waals surface area contributed by atoms with Gasteiger partial charge < -0.3 is 4.90 Å². The summed E-state index contributed by atoms with van der Waals surface area (Å²) in [5.74, 6) is 0.369. The third-order valence-electron chi connectivity index (χ3n) is 4.58. The van der Waals surface area contributed by atoms with E-state index in [0.717, 1.165) is 29.9 Å². The molecule has 1 aliphatic heterocycles. The maximum atomic E-state index is 13.1. The van der Waals surface area contributed by atoms with E-state index in [-0.39, 0.29) is 0 Å². The number of anilines is 2. The van der Waals surface area contributed by atoms with Crippen molar-refractivity contribution in [2.24, 2.45) is 0 Å². The van der Waals surface area contributed by atoms with E-state index in [4.69, 9.17) is 0 Å². The molecule has 3 rings (SSSR count). The fourth-order valence-electron chi connectivity index (χ4n) is 3.53. The van der Waals surface area contributed by atoms with Crippen molar-refractivity contribution in [2.45, 2.75) is 49.8 Å². The van der Waals surface area contributed by atoms with Crippen LogP contribution in [-0.2, 0) is 16.3 Å². The SMILES string of the molecule is CCc1c(C(C)C)ccc2c1N(CC)c1ccccc1S2(=O)=O. The molecule has 0 aromatic heterocycles. The van der Waals surface area contributed by atoms with Crippen molar-refractivity contribution in [1.29, 1.82) is 0 Å². The van der Waals surface area contributed by atoms with E-state index in [1.807, 2.05) is 18.2 Å². The Hall–Kier alpha value is -1.81. The molecule has 0 bridgehead atoms. The van der Waals surface area contributed by atoms with Crippen molar-refractivity contribution in [3.8, 4) is 0 Å². The zero-order chi connectivity index (χ0) is 16.8. The summed E-state index contributed by atoms with van der Waals surface area (Å²) in [6.07, 6.45) is 0.824. The first kappa shape index (κ1) is 16.1. The first-order chi connectivity index (χ1) is 10.9. The summed E-state index contributed by atoms with van der Waals surface area (Å²) in [5, 5.41) is 0. The van der Waals surface area contributed by atoms with Crippen molar-refractivity contribution < 1.29 is 8.42 Å². The van der Waals surface area contributed by atoms with Gasteiger partial charge in [-0.1, -0.05) is 39.0 Å². The summed E-state index contributed by atoms with van der Waals surface area (Å²) < 4.78 is 26.2. The summed E-state index contributed by atoms with van der Waals surface area (Å²) in [7, 11) is -3.46. The molecule has 0 aliphatic carbocycles. The zero-order valence-corrected chi connectivity index (χ0v) is 14.9. The molecule has 1 heterocycles. The van der Waals surface area contributed by atoms with Gasteiger partial charge in [0.1, 0.15) is 0 Å². The van der Waals surface area contributed by atoms with Gasteiger partial charge in [-0.25, -0.2) is 8.42 Å². The number of benzene rings is 2. The number of hydrogen-bond acceptors (Lipinski definition) is 3. The second kappa shape index (κ2) is 5.68. The Kier molecular flexibility index (Phi) is 3.96. The first-order valence-electron chi connectivity index (χ1n) is 8.20. The minimum absolute atomic E-state index is 0.369. The molecule has 0 saturated carbocycles. The average Bonchev–Trinajstić information content (AvgIpc) is 2.54. The van der Waals surface area contributed by atoms with Crippen molar-refractivity contribution >= 4 is 21.2 Å². The number of hydrogen-bond donors (Lipinski definition) is 0. The van der Waals surface area contributed by atoms with Gasteiger partial charge in [0.05, 0.1) is 21.2 Å².